The van der Waals surface area contributed by atoms with E-state index < -0.39 is 5.97 Å². The summed E-state index contributed by atoms with van der Waals surface area (Å²) < 4.78 is 4.95. The van der Waals surface area contributed by atoms with Crippen LogP contribution in [0.15, 0.2) is 36.9 Å². The van der Waals surface area contributed by atoms with E-state index in [9.17, 15) is 14.4 Å². The topological polar surface area (TPSA) is 97.4 Å². The number of hydrogen-bond acceptors (Lipinski definition) is 7. The molecular weight excluding hydrogens is 398 g/mol. The van der Waals surface area contributed by atoms with Crippen LogP contribution >= 0.6 is 23.1 Å². The number of ether oxygens (including phenoxy) is 1. The third kappa shape index (κ3) is 6.82. The Hall–Kier alpha value is -2.65. The molecule has 28 heavy (non-hydrogen) atoms. The zero-order chi connectivity index (χ0) is 20.5. The van der Waals surface area contributed by atoms with E-state index in [4.69, 9.17) is 4.74 Å². The van der Waals surface area contributed by atoms with E-state index in [1.54, 1.807) is 6.92 Å². The number of hydrogen-bond donors (Lipinski definition) is 2. The number of thioether (sulfide) groups is 1. The van der Waals surface area contributed by atoms with Crippen LogP contribution < -0.4 is 10.6 Å². The van der Waals surface area contributed by atoms with E-state index in [2.05, 4.69) is 22.2 Å². The molecule has 1 heterocycles. The minimum atomic E-state index is -0.559. The summed E-state index contributed by atoms with van der Waals surface area (Å²) in [7, 11) is 0. The van der Waals surface area contributed by atoms with Gasteiger partial charge in [-0.05, 0) is 31.5 Å². The van der Waals surface area contributed by atoms with E-state index in [-0.39, 0.29) is 35.6 Å². The summed E-state index contributed by atoms with van der Waals surface area (Å²) in [5.74, 6) is -0.793. The van der Waals surface area contributed by atoms with Gasteiger partial charge in [0.15, 0.2) is 10.8 Å². The first-order valence-electron chi connectivity index (χ1n) is 8.38. The molecule has 0 unspecified atom stereocenters. The highest BCUT2D eigenvalue weighted by Gasteiger charge is 2.17. The van der Waals surface area contributed by atoms with Crippen molar-refractivity contribution >= 4 is 51.7 Å². The molecule has 0 aliphatic carbocycles. The predicted octanol–water partition coefficient (Wildman–Crippen LogP) is 3.41. The zero-order valence-corrected chi connectivity index (χ0v) is 17.2. The van der Waals surface area contributed by atoms with E-state index in [1.807, 2.05) is 31.2 Å². The summed E-state index contributed by atoms with van der Waals surface area (Å²) in [5.41, 5.74) is 1.95. The SMILES string of the molecule is C=CCOC(=O)c1nc(NC(=O)CSCC(=O)Nc2cccc(C)c2)sc1C. The summed E-state index contributed by atoms with van der Waals surface area (Å²) in [6, 6.07) is 7.49. The first-order valence-corrected chi connectivity index (χ1v) is 10.4. The number of amides is 2. The first-order chi connectivity index (χ1) is 13.4. The zero-order valence-electron chi connectivity index (χ0n) is 15.6. The molecule has 0 atom stereocenters. The van der Waals surface area contributed by atoms with E-state index in [1.165, 1.54) is 29.2 Å². The van der Waals surface area contributed by atoms with Crippen LogP contribution in [-0.4, -0.2) is 40.9 Å². The number of thiazole rings is 1. The molecule has 0 saturated carbocycles. The minimum absolute atomic E-state index is 0.0934. The van der Waals surface area contributed by atoms with Gasteiger partial charge in [0.25, 0.3) is 0 Å². The van der Waals surface area contributed by atoms with Crippen molar-refractivity contribution < 1.29 is 19.1 Å². The first kappa shape index (κ1) is 21.6. The Labute approximate surface area is 171 Å². The average Bonchev–Trinajstić information content (AvgIpc) is 2.99. The second kappa shape index (κ2) is 10.6. The monoisotopic (exact) mass is 419 g/mol. The number of nitrogens with zero attached hydrogens (tertiary/aromatic N) is 1. The lowest BCUT2D eigenvalue weighted by molar-refractivity contribution is -0.114. The molecule has 0 saturated heterocycles. The second-order valence-electron chi connectivity index (χ2n) is 5.77. The van der Waals surface area contributed by atoms with Crippen molar-refractivity contribution in [3.8, 4) is 0 Å². The molecule has 0 aliphatic heterocycles. The Bertz CT molecular complexity index is 880. The van der Waals surface area contributed by atoms with Gasteiger partial charge < -0.3 is 15.4 Å². The number of carbonyl (C=O) groups is 3. The number of nitrogens with one attached hydrogen (secondary N) is 2. The van der Waals surface area contributed by atoms with E-state index >= 15 is 0 Å². The molecule has 0 bridgehead atoms. The van der Waals surface area contributed by atoms with Gasteiger partial charge in [-0.15, -0.1) is 23.1 Å². The van der Waals surface area contributed by atoms with E-state index in [0.717, 1.165) is 11.3 Å². The summed E-state index contributed by atoms with van der Waals surface area (Å²) in [6.07, 6.45) is 1.47. The van der Waals surface area contributed by atoms with Gasteiger partial charge in [-0.2, -0.15) is 0 Å². The van der Waals surface area contributed by atoms with Gasteiger partial charge in [-0.3, -0.25) is 9.59 Å². The molecule has 1 aromatic carbocycles. The molecule has 0 aliphatic rings. The molecule has 7 nitrogen and oxygen atoms in total. The molecule has 2 rings (SSSR count). The van der Waals surface area contributed by atoms with Crippen LogP contribution in [0.2, 0.25) is 0 Å². The molecule has 2 N–H and O–H groups in total. The number of carbonyl (C=O) groups excluding carboxylic acids is 3. The summed E-state index contributed by atoms with van der Waals surface area (Å²) >= 11 is 2.38. The van der Waals surface area contributed by atoms with Gasteiger partial charge in [0, 0.05) is 10.6 Å². The highest BCUT2D eigenvalue weighted by molar-refractivity contribution is 8.00. The van der Waals surface area contributed by atoms with Crippen molar-refractivity contribution in [2.24, 2.45) is 0 Å². The molecule has 148 valence electrons. The Balaban J connectivity index is 1.77. The number of aryl methyl sites for hydroxylation is 2. The molecule has 0 fully saturated rings. The fourth-order valence-corrected chi connectivity index (χ4v) is 3.59. The third-order valence-corrected chi connectivity index (χ3v) is 5.16. The molecule has 2 aromatic rings. The van der Waals surface area contributed by atoms with Crippen molar-refractivity contribution in [3.63, 3.8) is 0 Å². The number of aromatic nitrogens is 1. The second-order valence-corrected chi connectivity index (χ2v) is 7.96. The number of esters is 1. The standard InChI is InChI=1S/C19H21N3O4S2/c1-4-8-26-18(25)17-13(3)28-19(22-17)21-16(24)11-27-10-15(23)20-14-7-5-6-12(2)9-14/h4-7,9H,1,8,10-11H2,2-3H3,(H,20,23)(H,21,22,24). The highest BCUT2D eigenvalue weighted by Crippen LogP contribution is 2.23. The number of rotatable bonds is 9. The van der Waals surface area contributed by atoms with Gasteiger partial charge in [-0.1, -0.05) is 24.8 Å². The Kier molecular flexibility index (Phi) is 8.21. The van der Waals surface area contributed by atoms with Crippen LogP contribution in [0.5, 0.6) is 0 Å². The smallest absolute Gasteiger partial charge is 0.358 e. The molecule has 0 radical (unpaired) electrons. The summed E-state index contributed by atoms with van der Waals surface area (Å²) in [6.45, 7) is 7.24. The van der Waals surface area contributed by atoms with Crippen LogP contribution in [0, 0.1) is 13.8 Å². The number of anilines is 2. The van der Waals surface area contributed by atoms with Crippen molar-refractivity contribution in [2.75, 3.05) is 28.7 Å². The normalized spacial score (nSPS) is 10.2. The molecular formula is C19H21N3O4S2. The van der Waals surface area contributed by atoms with Crippen LogP contribution in [0.3, 0.4) is 0 Å². The van der Waals surface area contributed by atoms with E-state index in [0.29, 0.717) is 10.0 Å². The largest absolute Gasteiger partial charge is 0.457 e. The van der Waals surface area contributed by atoms with Crippen LogP contribution in [0.4, 0.5) is 10.8 Å². The lowest BCUT2D eigenvalue weighted by atomic mass is 10.2. The fraction of sp³-hybridized carbons (Fsp3) is 0.263. The van der Waals surface area contributed by atoms with Gasteiger partial charge in [0.2, 0.25) is 11.8 Å². The van der Waals surface area contributed by atoms with Gasteiger partial charge in [0.1, 0.15) is 6.61 Å². The third-order valence-electron chi connectivity index (χ3n) is 3.34. The van der Waals surface area contributed by atoms with Gasteiger partial charge in [-0.25, -0.2) is 9.78 Å². The lowest BCUT2D eigenvalue weighted by Crippen LogP contribution is -2.18. The molecule has 1 aromatic heterocycles. The highest BCUT2D eigenvalue weighted by atomic mass is 32.2. The van der Waals surface area contributed by atoms with Crippen LogP contribution in [0.25, 0.3) is 0 Å². The predicted molar refractivity (Wildman–Crippen MR) is 113 cm³/mol. The Morgan fingerprint density at radius 1 is 1.21 bits per heavy atom. The maximum absolute atomic E-state index is 12.0. The van der Waals surface area contributed by atoms with Crippen molar-refractivity contribution in [2.45, 2.75) is 13.8 Å². The minimum Gasteiger partial charge on any atom is -0.457 e. The summed E-state index contributed by atoms with van der Waals surface area (Å²) in [5, 5.41) is 5.74. The summed E-state index contributed by atoms with van der Waals surface area (Å²) in [4.78, 5) is 40.6. The Morgan fingerprint density at radius 3 is 2.61 bits per heavy atom. The lowest BCUT2D eigenvalue weighted by Gasteiger charge is -2.06. The average molecular weight is 420 g/mol. The maximum Gasteiger partial charge on any atom is 0.358 e. The van der Waals surface area contributed by atoms with Crippen molar-refractivity contribution in [1.82, 2.24) is 4.98 Å². The van der Waals surface area contributed by atoms with Crippen molar-refractivity contribution in [3.05, 3.63) is 53.1 Å². The van der Waals surface area contributed by atoms with Crippen molar-refractivity contribution in [1.29, 1.82) is 0 Å². The molecule has 0 spiro atoms. The van der Waals surface area contributed by atoms with Gasteiger partial charge >= 0.3 is 5.97 Å². The quantitative estimate of drug-likeness (QED) is 0.477. The van der Waals surface area contributed by atoms with Gasteiger partial charge in [0.05, 0.1) is 11.5 Å². The fourth-order valence-electron chi connectivity index (χ4n) is 2.15. The maximum atomic E-state index is 12.0. The van der Waals surface area contributed by atoms with Crippen LogP contribution in [-0.2, 0) is 14.3 Å². The Morgan fingerprint density at radius 2 is 1.93 bits per heavy atom. The molecule has 9 heteroatoms. The van der Waals surface area contributed by atoms with Crippen LogP contribution in [0.1, 0.15) is 20.9 Å². The molecule has 2 amide bonds. The number of benzene rings is 1.